The normalized spacial score (nSPS) is 15.6. The van der Waals surface area contributed by atoms with E-state index in [9.17, 15) is 9.90 Å². The van der Waals surface area contributed by atoms with Gasteiger partial charge in [0.05, 0.1) is 5.69 Å². The van der Waals surface area contributed by atoms with E-state index in [2.05, 4.69) is 4.98 Å². The van der Waals surface area contributed by atoms with Crippen molar-refractivity contribution in [2.75, 3.05) is 0 Å². The molecule has 4 heteroatoms. The van der Waals surface area contributed by atoms with Gasteiger partial charge in [-0.3, -0.25) is 4.79 Å². The molecule has 1 unspecified atom stereocenters. The summed E-state index contributed by atoms with van der Waals surface area (Å²) in [5.74, 6) is 0. The van der Waals surface area contributed by atoms with E-state index in [-0.39, 0.29) is 0 Å². The lowest BCUT2D eigenvalue weighted by Gasteiger charge is -2.17. The summed E-state index contributed by atoms with van der Waals surface area (Å²) in [4.78, 5) is 14.3. The maximum atomic E-state index is 10.3. The number of hydrogen-bond donors (Lipinski definition) is 1. The third-order valence-electron chi connectivity index (χ3n) is 1.86. The molecule has 0 aliphatic rings. The topological polar surface area (TPSA) is 50.2 Å². The largest absolute Gasteiger partial charge is 0.384 e. The van der Waals surface area contributed by atoms with Gasteiger partial charge >= 0.3 is 0 Å². The number of carbonyl (C=O) groups is 1. The lowest BCUT2D eigenvalue weighted by atomic mass is 10.0. The number of aromatic nitrogens is 1. The van der Waals surface area contributed by atoms with Gasteiger partial charge in [-0.25, -0.2) is 4.98 Å². The molecule has 1 N–H and O–H groups in total. The van der Waals surface area contributed by atoms with Crippen LogP contribution in [0.15, 0.2) is 5.38 Å². The summed E-state index contributed by atoms with van der Waals surface area (Å²) in [6, 6.07) is 0. The number of carbonyl (C=O) groups excluding carboxylic acids is 1. The summed E-state index contributed by atoms with van der Waals surface area (Å²) >= 11 is 1.25. The van der Waals surface area contributed by atoms with Crippen LogP contribution in [0.2, 0.25) is 0 Å². The summed E-state index contributed by atoms with van der Waals surface area (Å²) in [6.07, 6.45) is 1.29. The van der Waals surface area contributed by atoms with Crippen LogP contribution in [0, 0.1) is 0 Å². The van der Waals surface area contributed by atoms with E-state index < -0.39 is 5.60 Å². The van der Waals surface area contributed by atoms with E-state index in [4.69, 9.17) is 0 Å². The Labute approximate surface area is 75.1 Å². The summed E-state index contributed by atoms with van der Waals surface area (Å²) < 4.78 is 0. The maximum Gasteiger partial charge on any atom is 0.178 e. The lowest BCUT2D eigenvalue weighted by molar-refractivity contribution is 0.0491. The molecule has 1 aromatic rings. The van der Waals surface area contributed by atoms with E-state index in [1.807, 2.05) is 6.92 Å². The van der Waals surface area contributed by atoms with Crippen LogP contribution in [0.1, 0.15) is 35.8 Å². The molecule has 1 atom stereocenters. The van der Waals surface area contributed by atoms with Gasteiger partial charge in [0, 0.05) is 5.38 Å². The maximum absolute atomic E-state index is 10.3. The Morgan fingerprint density at radius 2 is 2.50 bits per heavy atom. The van der Waals surface area contributed by atoms with Gasteiger partial charge in [-0.1, -0.05) is 6.92 Å². The molecule has 1 heterocycles. The predicted octanol–water partition coefficient (Wildman–Crippen LogP) is 1.57. The average Bonchev–Trinajstić information content (AvgIpc) is 2.52. The molecule has 0 aliphatic carbocycles. The highest BCUT2D eigenvalue weighted by atomic mass is 32.1. The number of nitrogens with zero attached hydrogens (tertiary/aromatic N) is 1. The second-order valence-corrected chi connectivity index (χ2v) is 3.71. The molecule has 0 aliphatic heterocycles. The van der Waals surface area contributed by atoms with Crippen molar-refractivity contribution in [3.63, 3.8) is 0 Å². The van der Waals surface area contributed by atoms with E-state index in [1.165, 1.54) is 11.3 Å². The molecule has 0 amide bonds. The Balaban J connectivity index is 2.95. The number of aldehydes is 1. The molecule has 0 spiro atoms. The van der Waals surface area contributed by atoms with Crippen LogP contribution in [0.25, 0.3) is 0 Å². The molecule has 0 fully saturated rings. The molecule has 0 bridgehead atoms. The SMILES string of the molecule is CCC(C)(O)c1csc(C=O)n1. The van der Waals surface area contributed by atoms with Gasteiger partial charge < -0.3 is 5.11 Å². The highest BCUT2D eigenvalue weighted by Crippen LogP contribution is 2.24. The van der Waals surface area contributed by atoms with E-state index in [0.717, 1.165) is 0 Å². The highest BCUT2D eigenvalue weighted by Gasteiger charge is 2.23. The minimum absolute atomic E-state index is 0.415. The lowest BCUT2D eigenvalue weighted by Crippen LogP contribution is -2.20. The molecule has 66 valence electrons. The number of hydrogen-bond acceptors (Lipinski definition) is 4. The Hall–Kier alpha value is -0.740. The first-order valence-electron chi connectivity index (χ1n) is 3.73. The molecular formula is C8H11NO2S. The first-order valence-corrected chi connectivity index (χ1v) is 4.61. The van der Waals surface area contributed by atoms with Gasteiger partial charge in [0.2, 0.25) is 0 Å². The standard InChI is InChI=1S/C8H11NO2S/c1-3-8(2,11)6-5-12-7(4-10)9-6/h4-5,11H,3H2,1-2H3. The quantitative estimate of drug-likeness (QED) is 0.727. The molecule has 12 heavy (non-hydrogen) atoms. The van der Waals surface area contributed by atoms with Gasteiger partial charge in [0.25, 0.3) is 0 Å². The van der Waals surface area contributed by atoms with Crippen molar-refractivity contribution < 1.29 is 9.90 Å². The number of aliphatic hydroxyl groups is 1. The third-order valence-corrected chi connectivity index (χ3v) is 2.63. The first kappa shape index (κ1) is 9.35. The second kappa shape index (κ2) is 3.33. The Morgan fingerprint density at radius 3 is 2.92 bits per heavy atom. The van der Waals surface area contributed by atoms with Crippen LogP contribution in [-0.2, 0) is 5.60 Å². The molecule has 1 rings (SSSR count). The van der Waals surface area contributed by atoms with Gasteiger partial charge in [-0.15, -0.1) is 11.3 Å². The van der Waals surface area contributed by atoms with E-state index in [1.54, 1.807) is 12.3 Å². The molecule has 0 saturated carbocycles. The second-order valence-electron chi connectivity index (χ2n) is 2.82. The fourth-order valence-corrected chi connectivity index (χ4v) is 1.52. The van der Waals surface area contributed by atoms with Crippen LogP contribution in [-0.4, -0.2) is 16.4 Å². The number of thiazole rings is 1. The smallest absolute Gasteiger partial charge is 0.178 e. The predicted molar refractivity (Wildman–Crippen MR) is 47.4 cm³/mol. The Kier molecular flexibility index (Phi) is 2.59. The van der Waals surface area contributed by atoms with Gasteiger partial charge in [0.1, 0.15) is 5.60 Å². The van der Waals surface area contributed by atoms with E-state index >= 15 is 0 Å². The zero-order valence-electron chi connectivity index (χ0n) is 7.07. The summed E-state index contributed by atoms with van der Waals surface area (Å²) in [5.41, 5.74) is -0.324. The molecule has 0 radical (unpaired) electrons. The zero-order chi connectivity index (χ0) is 9.19. The van der Waals surface area contributed by atoms with Crippen LogP contribution >= 0.6 is 11.3 Å². The van der Waals surface area contributed by atoms with Crippen molar-refractivity contribution in [1.29, 1.82) is 0 Å². The Bertz CT molecular complexity index is 280. The first-order chi connectivity index (χ1) is 5.60. The van der Waals surface area contributed by atoms with Crippen LogP contribution in [0.4, 0.5) is 0 Å². The molecule has 0 aromatic carbocycles. The van der Waals surface area contributed by atoms with E-state index in [0.29, 0.717) is 23.4 Å². The van der Waals surface area contributed by atoms with Crippen molar-refractivity contribution in [2.24, 2.45) is 0 Å². The highest BCUT2D eigenvalue weighted by molar-refractivity contribution is 7.11. The van der Waals surface area contributed by atoms with Gasteiger partial charge in [0.15, 0.2) is 11.3 Å². The Morgan fingerprint density at radius 1 is 1.83 bits per heavy atom. The minimum Gasteiger partial charge on any atom is -0.384 e. The summed E-state index contributed by atoms with van der Waals surface area (Å²) in [6.45, 7) is 3.57. The molecule has 3 nitrogen and oxygen atoms in total. The molecule has 0 saturated heterocycles. The van der Waals surface area contributed by atoms with Crippen molar-refractivity contribution in [3.8, 4) is 0 Å². The summed E-state index contributed by atoms with van der Waals surface area (Å²) in [7, 11) is 0. The zero-order valence-corrected chi connectivity index (χ0v) is 7.89. The van der Waals surface area contributed by atoms with Crippen LogP contribution < -0.4 is 0 Å². The fraction of sp³-hybridized carbons (Fsp3) is 0.500. The average molecular weight is 185 g/mol. The monoisotopic (exact) mass is 185 g/mol. The summed E-state index contributed by atoms with van der Waals surface area (Å²) in [5, 5.41) is 11.9. The molecule has 1 aromatic heterocycles. The fourth-order valence-electron chi connectivity index (χ4n) is 0.770. The van der Waals surface area contributed by atoms with Crippen molar-refractivity contribution in [2.45, 2.75) is 25.9 Å². The van der Waals surface area contributed by atoms with Crippen molar-refractivity contribution in [1.82, 2.24) is 4.98 Å². The van der Waals surface area contributed by atoms with Gasteiger partial charge in [-0.05, 0) is 13.3 Å². The number of rotatable bonds is 3. The molecular weight excluding hydrogens is 174 g/mol. The van der Waals surface area contributed by atoms with Crippen LogP contribution in [0.3, 0.4) is 0 Å². The van der Waals surface area contributed by atoms with Crippen LogP contribution in [0.5, 0.6) is 0 Å². The van der Waals surface area contributed by atoms with Crippen molar-refractivity contribution in [3.05, 3.63) is 16.1 Å². The third kappa shape index (κ3) is 1.70. The van der Waals surface area contributed by atoms with Crippen molar-refractivity contribution >= 4 is 17.6 Å². The van der Waals surface area contributed by atoms with Gasteiger partial charge in [-0.2, -0.15) is 0 Å². The minimum atomic E-state index is -0.905.